The molecule has 5 heteroatoms. The molecule has 1 aromatic carbocycles. The van der Waals surface area contributed by atoms with Crippen LogP contribution in [0.15, 0.2) is 27.8 Å². The summed E-state index contributed by atoms with van der Waals surface area (Å²) in [6, 6.07) is 6.81. The van der Waals surface area contributed by atoms with Gasteiger partial charge >= 0.3 is 0 Å². The second-order valence-electron chi connectivity index (χ2n) is 5.78. The molecule has 2 atom stereocenters. The van der Waals surface area contributed by atoms with Crippen LogP contribution in [0.25, 0.3) is 0 Å². The second-order valence-corrected chi connectivity index (χ2v) is 6.70. The molecule has 1 N–H and O–H groups in total. The van der Waals surface area contributed by atoms with E-state index in [0.717, 1.165) is 10.2 Å². The maximum absolute atomic E-state index is 5.54. The van der Waals surface area contributed by atoms with Gasteiger partial charge in [0.1, 0.15) is 5.75 Å². The van der Waals surface area contributed by atoms with Crippen LogP contribution >= 0.6 is 15.9 Å². The molecule has 0 amide bonds. The van der Waals surface area contributed by atoms with Crippen LogP contribution < -0.4 is 10.2 Å². The van der Waals surface area contributed by atoms with Gasteiger partial charge in [-0.2, -0.15) is 5.10 Å². The highest BCUT2D eigenvalue weighted by atomic mass is 79.9. The number of ether oxygens (including phenoxy) is 1. The van der Waals surface area contributed by atoms with Gasteiger partial charge in [-0.1, -0.05) is 15.9 Å². The van der Waals surface area contributed by atoms with E-state index in [0.29, 0.717) is 12.0 Å². The third-order valence-corrected chi connectivity index (χ3v) is 5.31. The lowest BCUT2D eigenvalue weighted by Crippen LogP contribution is -2.56. The molecule has 0 aromatic heterocycles. The van der Waals surface area contributed by atoms with Crippen molar-refractivity contribution in [1.82, 2.24) is 10.3 Å². The molecule has 1 aromatic rings. The Balaban J connectivity index is 1.73. The van der Waals surface area contributed by atoms with Crippen LogP contribution in [0.4, 0.5) is 0 Å². The monoisotopic (exact) mass is 335 g/mol. The van der Waals surface area contributed by atoms with Gasteiger partial charge in [0.2, 0.25) is 0 Å². The Morgan fingerprint density at radius 1 is 1.35 bits per heavy atom. The van der Waals surface area contributed by atoms with E-state index < -0.39 is 0 Å². The molecule has 20 heavy (non-hydrogen) atoms. The smallest absolute Gasteiger partial charge is 0.124 e. The van der Waals surface area contributed by atoms with Crippen molar-refractivity contribution in [2.45, 2.75) is 24.9 Å². The molecule has 2 bridgehead atoms. The molecule has 0 saturated carbocycles. The number of halogens is 1. The SMILES string of the molecule is COc1ccc(Br)cc1C1NN=C2C3CCN(CC3)C21. The van der Waals surface area contributed by atoms with Gasteiger partial charge in [-0.3, -0.25) is 4.90 Å². The van der Waals surface area contributed by atoms with E-state index >= 15 is 0 Å². The molecule has 4 heterocycles. The van der Waals surface area contributed by atoms with Gasteiger partial charge in [-0.15, -0.1) is 0 Å². The van der Waals surface area contributed by atoms with Crippen molar-refractivity contribution >= 4 is 21.6 Å². The highest BCUT2D eigenvalue weighted by molar-refractivity contribution is 9.10. The van der Waals surface area contributed by atoms with Crippen molar-refractivity contribution in [1.29, 1.82) is 0 Å². The topological polar surface area (TPSA) is 36.9 Å². The normalized spacial score (nSPS) is 34.4. The summed E-state index contributed by atoms with van der Waals surface area (Å²) in [6.45, 7) is 2.39. The fraction of sp³-hybridized carbons (Fsp3) is 0.533. The molecule has 106 valence electrons. The average molecular weight is 336 g/mol. The van der Waals surface area contributed by atoms with Crippen molar-refractivity contribution < 1.29 is 4.74 Å². The molecule has 3 fully saturated rings. The minimum atomic E-state index is 0.209. The van der Waals surface area contributed by atoms with Gasteiger partial charge in [0.05, 0.1) is 24.9 Å². The average Bonchev–Trinajstić information content (AvgIpc) is 2.95. The van der Waals surface area contributed by atoms with E-state index in [4.69, 9.17) is 4.74 Å². The largest absolute Gasteiger partial charge is 0.496 e. The Bertz CT molecular complexity index is 566. The van der Waals surface area contributed by atoms with Crippen LogP contribution in [-0.4, -0.2) is 36.9 Å². The maximum Gasteiger partial charge on any atom is 0.124 e. The molecule has 0 aliphatic carbocycles. The van der Waals surface area contributed by atoms with Crippen LogP contribution in [0, 0.1) is 5.92 Å². The Hall–Kier alpha value is -1.07. The Morgan fingerprint density at radius 3 is 2.90 bits per heavy atom. The highest BCUT2D eigenvalue weighted by Gasteiger charge is 2.47. The van der Waals surface area contributed by atoms with Gasteiger partial charge < -0.3 is 10.2 Å². The first-order valence-electron chi connectivity index (χ1n) is 7.18. The number of nitrogens with zero attached hydrogens (tertiary/aromatic N) is 2. The lowest BCUT2D eigenvalue weighted by atomic mass is 9.78. The molecule has 0 radical (unpaired) electrons. The van der Waals surface area contributed by atoms with E-state index in [1.165, 1.54) is 37.2 Å². The minimum Gasteiger partial charge on any atom is -0.496 e. The second kappa shape index (κ2) is 4.74. The lowest BCUT2D eigenvalue weighted by Gasteiger charge is -2.45. The molecule has 3 saturated heterocycles. The summed E-state index contributed by atoms with van der Waals surface area (Å²) in [6.07, 6.45) is 2.53. The maximum atomic E-state index is 5.54. The summed E-state index contributed by atoms with van der Waals surface area (Å²) >= 11 is 3.57. The Morgan fingerprint density at radius 2 is 2.15 bits per heavy atom. The zero-order valence-electron chi connectivity index (χ0n) is 11.5. The van der Waals surface area contributed by atoms with Crippen molar-refractivity contribution in [2.24, 2.45) is 11.0 Å². The zero-order valence-corrected chi connectivity index (χ0v) is 13.1. The van der Waals surface area contributed by atoms with Crippen LogP contribution in [0.5, 0.6) is 5.75 Å². The van der Waals surface area contributed by atoms with Gasteiger partial charge in [-0.05, 0) is 44.1 Å². The first-order valence-corrected chi connectivity index (χ1v) is 7.97. The molecule has 4 aliphatic heterocycles. The number of methoxy groups -OCH3 is 1. The van der Waals surface area contributed by atoms with Crippen LogP contribution in [0.3, 0.4) is 0 Å². The number of rotatable bonds is 2. The number of fused-ring (bicyclic) bond motifs is 2. The third-order valence-electron chi connectivity index (χ3n) is 4.82. The van der Waals surface area contributed by atoms with Gasteiger partial charge in [0.15, 0.2) is 0 Å². The van der Waals surface area contributed by atoms with E-state index in [-0.39, 0.29) is 6.04 Å². The summed E-state index contributed by atoms with van der Waals surface area (Å²) in [5.41, 5.74) is 5.91. The predicted molar refractivity (Wildman–Crippen MR) is 82.1 cm³/mol. The highest BCUT2D eigenvalue weighted by Crippen LogP contribution is 2.41. The van der Waals surface area contributed by atoms with E-state index in [2.05, 4.69) is 37.4 Å². The molecular formula is C15H18BrN3O. The quantitative estimate of drug-likeness (QED) is 0.902. The molecule has 5 rings (SSSR count). The van der Waals surface area contributed by atoms with Crippen LogP contribution in [0.1, 0.15) is 24.4 Å². The van der Waals surface area contributed by atoms with E-state index in [1.807, 2.05) is 12.1 Å². The number of hydrazone groups is 1. The van der Waals surface area contributed by atoms with Gasteiger partial charge in [-0.25, -0.2) is 0 Å². The molecule has 0 spiro atoms. The standard InChI is InChI=1S/C15H18BrN3O/c1-20-12-3-2-10(16)8-11(12)14-15-13(17-18-14)9-4-6-19(15)7-5-9/h2-3,8-9,14-15,18H,4-7H2,1H3. The van der Waals surface area contributed by atoms with Crippen molar-refractivity contribution in [3.05, 3.63) is 28.2 Å². The van der Waals surface area contributed by atoms with Crippen LogP contribution in [0.2, 0.25) is 0 Å². The number of benzene rings is 1. The van der Waals surface area contributed by atoms with Gasteiger partial charge in [0, 0.05) is 16.0 Å². The fourth-order valence-corrected chi connectivity index (χ4v) is 4.22. The number of hydrogen-bond acceptors (Lipinski definition) is 4. The first-order chi connectivity index (χ1) is 9.78. The summed E-state index contributed by atoms with van der Waals surface area (Å²) in [5, 5.41) is 4.66. The Kier molecular flexibility index (Phi) is 3.00. The summed E-state index contributed by atoms with van der Waals surface area (Å²) in [7, 11) is 1.73. The third kappa shape index (κ3) is 1.79. The van der Waals surface area contributed by atoms with E-state index in [1.54, 1.807) is 7.11 Å². The van der Waals surface area contributed by atoms with Crippen molar-refractivity contribution in [3.63, 3.8) is 0 Å². The first kappa shape index (κ1) is 12.7. The predicted octanol–water partition coefficient (Wildman–Crippen LogP) is 2.55. The van der Waals surface area contributed by atoms with Crippen molar-refractivity contribution in [3.8, 4) is 5.75 Å². The Labute approximate surface area is 127 Å². The molecule has 2 unspecified atom stereocenters. The number of hydrogen-bond donors (Lipinski definition) is 1. The number of nitrogens with one attached hydrogen (secondary N) is 1. The molecule has 4 nitrogen and oxygen atoms in total. The summed E-state index contributed by atoms with van der Waals surface area (Å²) in [5.74, 6) is 1.62. The fourth-order valence-electron chi connectivity index (χ4n) is 3.84. The molecular weight excluding hydrogens is 318 g/mol. The summed E-state index contributed by atoms with van der Waals surface area (Å²) in [4.78, 5) is 2.57. The zero-order chi connectivity index (χ0) is 13.7. The molecule has 4 aliphatic rings. The number of piperidine rings is 3. The van der Waals surface area contributed by atoms with Crippen molar-refractivity contribution in [2.75, 3.05) is 20.2 Å². The van der Waals surface area contributed by atoms with Crippen LogP contribution in [-0.2, 0) is 0 Å². The lowest BCUT2D eigenvalue weighted by molar-refractivity contribution is 0.133. The van der Waals surface area contributed by atoms with E-state index in [9.17, 15) is 0 Å². The minimum absolute atomic E-state index is 0.209. The van der Waals surface area contributed by atoms with Gasteiger partial charge in [0.25, 0.3) is 0 Å². The summed E-state index contributed by atoms with van der Waals surface area (Å²) < 4.78 is 6.63.